The topological polar surface area (TPSA) is 67.6 Å². The second-order valence-corrected chi connectivity index (χ2v) is 6.49. The van der Waals surface area contributed by atoms with Crippen LogP contribution in [0.3, 0.4) is 0 Å². The molecular formula is C20H15F3N4O. The summed E-state index contributed by atoms with van der Waals surface area (Å²) in [4.78, 5) is 4.20. The van der Waals surface area contributed by atoms with E-state index >= 15 is 0 Å². The van der Waals surface area contributed by atoms with Gasteiger partial charge >= 0.3 is 6.18 Å². The lowest BCUT2D eigenvalue weighted by molar-refractivity contribution is -0.137. The zero-order chi connectivity index (χ0) is 19.9. The van der Waals surface area contributed by atoms with Crippen molar-refractivity contribution in [2.45, 2.75) is 20.0 Å². The molecule has 2 heterocycles. The SMILES string of the molecule is Cc1ccc(-c2cc(-c3nc(-c4cccc(C(F)(F)F)c4)no3)[nH]n2)c(C)c1. The molecule has 142 valence electrons. The average molecular weight is 384 g/mol. The Morgan fingerprint density at radius 1 is 1.00 bits per heavy atom. The van der Waals surface area contributed by atoms with Crippen molar-refractivity contribution < 1.29 is 17.7 Å². The van der Waals surface area contributed by atoms with E-state index in [9.17, 15) is 13.2 Å². The summed E-state index contributed by atoms with van der Waals surface area (Å²) >= 11 is 0. The summed E-state index contributed by atoms with van der Waals surface area (Å²) < 4.78 is 43.9. The fraction of sp³-hybridized carbons (Fsp3) is 0.150. The molecule has 0 aliphatic rings. The molecule has 0 saturated heterocycles. The van der Waals surface area contributed by atoms with Crippen molar-refractivity contribution in [1.29, 1.82) is 0 Å². The molecule has 0 fully saturated rings. The smallest absolute Gasteiger partial charge is 0.332 e. The van der Waals surface area contributed by atoms with Gasteiger partial charge in [0.2, 0.25) is 5.82 Å². The Bertz CT molecular complexity index is 1140. The average Bonchev–Trinajstić information content (AvgIpc) is 3.30. The summed E-state index contributed by atoms with van der Waals surface area (Å²) in [5, 5.41) is 10.9. The van der Waals surface area contributed by atoms with E-state index in [4.69, 9.17) is 4.52 Å². The van der Waals surface area contributed by atoms with Gasteiger partial charge in [0.1, 0.15) is 5.69 Å². The highest BCUT2D eigenvalue weighted by atomic mass is 19.4. The van der Waals surface area contributed by atoms with E-state index in [1.807, 2.05) is 26.0 Å². The molecule has 0 amide bonds. The fourth-order valence-electron chi connectivity index (χ4n) is 2.95. The summed E-state index contributed by atoms with van der Waals surface area (Å²) in [5.74, 6) is 0.222. The van der Waals surface area contributed by atoms with E-state index < -0.39 is 11.7 Å². The molecule has 0 radical (unpaired) electrons. The number of nitrogens with zero attached hydrogens (tertiary/aromatic N) is 3. The minimum atomic E-state index is -4.44. The summed E-state index contributed by atoms with van der Waals surface area (Å²) in [6.45, 7) is 4.01. The van der Waals surface area contributed by atoms with Crippen molar-refractivity contribution in [3.63, 3.8) is 0 Å². The van der Waals surface area contributed by atoms with Crippen LogP contribution < -0.4 is 0 Å². The number of alkyl halides is 3. The van der Waals surface area contributed by atoms with E-state index in [-0.39, 0.29) is 17.3 Å². The summed E-state index contributed by atoms with van der Waals surface area (Å²) in [6, 6.07) is 12.6. The molecular weight excluding hydrogens is 369 g/mol. The molecule has 4 aromatic rings. The molecule has 2 aromatic heterocycles. The van der Waals surface area contributed by atoms with Gasteiger partial charge in [0.15, 0.2) is 0 Å². The molecule has 0 atom stereocenters. The van der Waals surface area contributed by atoms with E-state index in [0.29, 0.717) is 11.4 Å². The first-order valence-electron chi connectivity index (χ1n) is 8.46. The number of rotatable bonds is 3. The fourth-order valence-corrected chi connectivity index (χ4v) is 2.95. The van der Waals surface area contributed by atoms with Crippen molar-refractivity contribution in [1.82, 2.24) is 20.3 Å². The van der Waals surface area contributed by atoms with Crippen LogP contribution in [0.2, 0.25) is 0 Å². The Labute approximate surface area is 158 Å². The summed E-state index contributed by atoms with van der Waals surface area (Å²) in [6.07, 6.45) is -4.44. The number of nitrogens with one attached hydrogen (secondary N) is 1. The highest BCUT2D eigenvalue weighted by Crippen LogP contribution is 2.32. The molecule has 0 spiro atoms. The molecule has 0 aliphatic carbocycles. The van der Waals surface area contributed by atoms with E-state index in [1.165, 1.54) is 12.1 Å². The van der Waals surface area contributed by atoms with Gasteiger partial charge in [-0.1, -0.05) is 41.1 Å². The number of hydrogen-bond acceptors (Lipinski definition) is 4. The maximum Gasteiger partial charge on any atom is 0.416 e. The standard InChI is InChI=1S/C20H15F3N4O/c1-11-6-7-15(12(2)8-11)16-10-17(26-25-16)19-24-18(27-28-19)13-4-3-5-14(9-13)20(21,22)23/h3-10H,1-2H3,(H,25,26). The maximum absolute atomic E-state index is 12.9. The van der Waals surface area contributed by atoms with Gasteiger partial charge in [-0.15, -0.1) is 0 Å². The number of halogens is 3. The zero-order valence-corrected chi connectivity index (χ0v) is 15.0. The third-order valence-electron chi connectivity index (χ3n) is 4.34. The van der Waals surface area contributed by atoms with Crippen LogP contribution in [0.15, 0.2) is 53.1 Å². The van der Waals surface area contributed by atoms with Crippen molar-refractivity contribution >= 4 is 0 Å². The van der Waals surface area contributed by atoms with Gasteiger partial charge in [0, 0.05) is 11.1 Å². The Morgan fingerprint density at radius 2 is 1.82 bits per heavy atom. The first-order valence-corrected chi connectivity index (χ1v) is 8.46. The molecule has 4 rings (SSSR count). The Hall–Kier alpha value is -3.42. The highest BCUT2D eigenvalue weighted by Gasteiger charge is 2.30. The van der Waals surface area contributed by atoms with Crippen molar-refractivity contribution in [2.75, 3.05) is 0 Å². The van der Waals surface area contributed by atoms with Crippen molar-refractivity contribution in [2.24, 2.45) is 0 Å². The second-order valence-electron chi connectivity index (χ2n) is 6.49. The minimum Gasteiger partial charge on any atom is -0.332 e. The third kappa shape index (κ3) is 3.40. The number of aromatic amines is 1. The largest absolute Gasteiger partial charge is 0.416 e. The van der Waals surface area contributed by atoms with Crippen LogP contribution in [0, 0.1) is 13.8 Å². The normalized spacial score (nSPS) is 11.8. The Balaban J connectivity index is 1.65. The van der Waals surface area contributed by atoms with Gasteiger partial charge < -0.3 is 4.52 Å². The molecule has 0 saturated carbocycles. The van der Waals surface area contributed by atoms with Crippen LogP contribution in [0.1, 0.15) is 16.7 Å². The van der Waals surface area contributed by atoms with Crippen LogP contribution in [0.5, 0.6) is 0 Å². The zero-order valence-electron chi connectivity index (χ0n) is 15.0. The third-order valence-corrected chi connectivity index (χ3v) is 4.34. The Kier molecular flexibility index (Phi) is 4.26. The van der Waals surface area contributed by atoms with Crippen LogP contribution >= 0.6 is 0 Å². The number of hydrogen-bond donors (Lipinski definition) is 1. The van der Waals surface area contributed by atoms with Gasteiger partial charge in [0.05, 0.1) is 11.3 Å². The van der Waals surface area contributed by atoms with Gasteiger partial charge in [0.25, 0.3) is 5.89 Å². The Morgan fingerprint density at radius 3 is 2.57 bits per heavy atom. The van der Waals surface area contributed by atoms with E-state index in [2.05, 4.69) is 26.4 Å². The number of benzene rings is 2. The first kappa shape index (κ1) is 18.0. The lowest BCUT2D eigenvalue weighted by Crippen LogP contribution is -2.04. The van der Waals surface area contributed by atoms with E-state index in [0.717, 1.165) is 28.8 Å². The molecule has 1 N–H and O–H groups in total. The monoisotopic (exact) mass is 384 g/mol. The lowest BCUT2D eigenvalue weighted by atomic mass is 10.0. The van der Waals surface area contributed by atoms with Gasteiger partial charge in [-0.2, -0.15) is 23.3 Å². The lowest BCUT2D eigenvalue weighted by Gasteiger charge is -2.06. The number of aryl methyl sites for hydroxylation is 2. The van der Waals surface area contributed by atoms with Crippen LogP contribution in [0.4, 0.5) is 13.2 Å². The van der Waals surface area contributed by atoms with E-state index in [1.54, 1.807) is 6.07 Å². The predicted molar refractivity (Wildman–Crippen MR) is 97.2 cm³/mol. The quantitative estimate of drug-likeness (QED) is 0.511. The first-order chi connectivity index (χ1) is 13.3. The minimum absolute atomic E-state index is 0.0729. The van der Waals surface area contributed by atoms with Gasteiger partial charge in [-0.25, -0.2) is 0 Å². The van der Waals surface area contributed by atoms with Crippen molar-refractivity contribution in [3.8, 4) is 34.2 Å². The predicted octanol–water partition coefficient (Wildman–Crippen LogP) is 5.43. The molecule has 2 aromatic carbocycles. The molecule has 8 heteroatoms. The number of aromatic nitrogens is 4. The van der Waals surface area contributed by atoms with Crippen LogP contribution in [0.25, 0.3) is 34.2 Å². The van der Waals surface area contributed by atoms with Crippen LogP contribution in [-0.4, -0.2) is 20.3 Å². The summed E-state index contributed by atoms with van der Waals surface area (Å²) in [7, 11) is 0. The second kappa shape index (κ2) is 6.63. The molecule has 0 unspecified atom stereocenters. The van der Waals surface area contributed by atoms with Gasteiger partial charge in [-0.05, 0) is 37.6 Å². The molecule has 0 bridgehead atoms. The molecule has 0 aliphatic heterocycles. The molecule has 28 heavy (non-hydrogen) atoms. The van der Waals surface area contributed by atoms with Gasteiger partial charge in [-0.3, -0.25) is 5.10 Å². The number of H-pyrrole nitrogens is 1. The maximum atomic E-state index is 12.9. The summed E-state index contributed by atoms with van der Waals surface area (Å²) in [5.41, 5.74) is 3.85. The van der Waals surface area contributed by atoms with Crippen LogP contribution in [-0.2, 0) is 6.18 Å². The molecule has 5 nitrogen and oxygen atoms in total. The van der Waals surface area contributed by atoms with Crippen molar-refractivity contribution in [3.05, 3.63) is 65.2 Å². The highest BCUT2D eigenvalue weighted by molar-refractivity contribution is 5.68.